The van der Waals surface area contributed by atoms with E-state index in [1.165, 1.54) is 5.56 Å². The van der Waals surface area contributed by atoms with E-state index in [-0.39, 0.29) is 5.04 Å². The highest BCUT2D eigenvalue weighted by atomic mass is 28.4. The molecule has 0 spiro atoms. The monoisotopic (exact) mass is 246 g/mol. The number of hydrogen-bond donors (Lipinski definition) is 0. The van der Waals surface area contributed by atoms with E-state index in [0.29, 0.717) is 0 Å². The molecule has 0 heterocycles. The Hall–Kier alpha value is -1.20. The van der Waals surface area contributed by atoms with Crippen LogP contribution in [0.4, 0.5) is 0 Å². The van der Waals surface area contributed by atoms with E-state index >= 15 is 0 Å². The third-order valence-electron chi connectivity index (χ3n) is 3.32. The Morgan fingerprint density at radius 1 is 1.12 bits per heavy atom. The lowest BCUT2D eigenvalue weighted by atomic mass is 10.2. The molecule has 0 atom stereocenters. The second-order valence-electron chi connectivity index (χ2n) is 5.80. The molecular formula is C15H22OSi. The van der Waals surface area contributed by atoms with Gasteiger partial charge in [-0.15, -0.1) is 0 Å². The summed E-state index contributed by atoms with van der Waals surface area (Å²) < 4.78 is 5.79. The molecule has 17 heavy (non-hydrogen) atoms. The van der Waals surface area contributed by atoms with Crippen LogP contribution in [0.5, 0.6) is 0 Å². The van der Waals surface area contributed by atoms with E-state index in [1.54, 1.807) is 0 Å². The average Bonchev–Trinajstić information content (AvgIpc) is 2.24. The van der Waals surface area contributed by atoms with Crippen molar-refractivity contribution in [3.63, 3.8) is 0 Å². The maximum Gasteiger partial charge on any atom is 0.264 e. The lowest BCUT2D eigenvalue weighted by Gasteiger charge is -2.33. The van der Waals surface area contributed by atoms with Gasteiger partial charge in [-0.3, -0.25) is 0 Å². The fraction of sp³-hybridized carbons (Fsp3) is 0.467. The van der Waals surface area contributed by atoms with Gasteiger partial charge in [-0.05, 0) is 23.7 Å². The van der Waals surface area contributed by atoms with Gasteiger partial charge >= 0.3 is 0 Å². The van der Waals surface area contributed by atoms with Crippen LogP contribution >= 0.6 is 0 Å². The van der Waals surface area contributed by atoms with Gasteiger partial charge in [-0.25, -0.2) is 0 Å². The van der Waals surface area contributed by atoms with E-state index in [9.17, 15) is 0 Å². The molecule has 0 radical (unpaired) electrons. The van der Waals surface area contributed by atoms with Crippen molar-refractivity contribution in [2.24, 2.45) is 0 Å². The SMILES string of the molecule is CC(C)(C)[Si](C)(C)OC#CCc1ccccc1. The van der Waals surface area contributed by atoms with Gasteiger partial charge in [0.15, 0.2) is 0 Å². The molecule has 0 aliphatic carbocycles. The molecule has 2 heteroatoms. The van der Waals surface area contributed by atoms with Gasteiger partial charge < -0.3 is 4.43 Å². The standard InChI is InChI=1S/C15H22OSi/c1-15(2,3)17(4,5)16-13-9-12-14-10-7-6-8-11-14/h6-8,10-11H,12H2,1-5H3. The van der Waals surface area contributed by atoms with Crippen LogP contribution in [0.2, 0.25) is 18.1 Å². The summed E-state index contributed by atoms with van der Waals surface area (Å²) in [5, 5.41) is 0.217. The van der Waals surface area contributed by atoms with Gasteiger partial charge in [0.05, 0.1) is 6.11 Å². The lowest BCUT2D eigenvalue weighted by Crippen LogP contribution is -2.39. The van der Waals surface area contributed by atoms with E-state index in [0.717, 1.165) is 6.42 Å². The van der Waals surface area contributed by atoms with Crippen LogP contribution in [-0.4, -0.2) is 8.32 Å². The van der Waals surface area contributed by atoms with Gasteiger partial charge in [-0.2, -0.15) is 0 Å². The summed E-state index contributed by atoms with van der Waals surface area (Å²) in [5.41, 5.74) is 1.24. The fourth-order valence-electron chi connectivity index (χ4n) is 1.05. The highest BCUT2D eigenvalue weighted by Crippen LogP contribution is 2.36. The normalized spacial score (nSPS) is 11.6. The summed E-state index contributed by atoms with van der Waals surface area (Å²) in [7, 11) is -1.72. The van der Waals surface area contributed by atoms with Gasteiger partial charge in [0, 0.05) is 6.42 Å². The maximum absolute atomic E-state index is 5.79. The Labute approximate surface area is 106 Å². The zero-order valence-electron chi connectivity index (χ0n) is 11.5. The highest BCUT2D eigenvalue weighted by Gasteiger charge is 2.38. The Morgan fingerprint density at radius 2 is 1.71 bits per heavy atom. The van der Waals surface area contributed by atoms with Gasteiger partial charge in [0.1, 0.15) is 0 Å². The quantitative estimate of drug-likeness (QED) is 0.561. The Bertz CT molecular complexity index is 404. The first kappa shape index (κ1) is 13.9. The second-order valence-corrected chi connectivity index (χ2v) is 10.5. The van der Waals surface area contributed by atoms with Crippen LogP contribution in [0, 0.1) is 12.0 Å². The summed E-state index contributed by atoms with van der Waals surface area (Å²) in [6, 6.07) is 10.3. The van der Waals surface area contributed by atoms with Crippen molar-refractivity contribution in [1.29, 1.82) is 0 Å². The molecule has 0 aliphatic heterocycles. The minimum absolute atomic E-state index is 0.217. The Kier molecular flexibility index (Phi) is 4.42. The molecule has 0 saturated carbocycles. The van der Waals surface area contributed by atoms with Crippen molar-refractivity contribution in [3.8, 4) is 12.0 Å². The molecule has 0 bridgehead atoms. The third-order valence-corrected chi connectivity index (χ3v) is 7.54. The zero-order chi connectivity index (χ0) is 12.9. The molecule has 0 amide bonds. The number of rotatable bonds is 2. The van der Waals surface area contributed by atoms with Crippen LogP contribution in [0.25, 0.3) is 0 Å². The smallest absolute Gasteiger partial charge is 0.264 e. The van der Waals surface area contributed by atoms with Crippen molar-refractivity contribution in [2.75, 3.05) is 0 Å². The molecule has 0 saturated heterocycles. The number of hydrogen-bond acceptors (Lipinski definition) is 1. The molecule has 0 unspecified atom stereocenters. The summed E-state index contributed by atoms with van der Waals surface area (Å²) in [6.07, 6.45) is 3.65. The van der Waals surface area contributed by atoms with Gasteiger partial charge in [0.25, 0.3) is 8.32 Å². The molecule has 1 rings (SSSR count). The molecule has 1 nitrogen and oxygen atoms in total. The van der Waals surface area contributed by atoms with Gasteiger partial charge in [0.2, 0.25) is 0 Å². The summed E-state index contributed by atoms with van der Waals surface area (Å²) in [5.74, 6) is 3.09. The van der Waals surface area contributed by atoms with Crippen molar-refractivity contribution >= 4 is 8.32 Å². The van der Waals surface area contributed by atoms with Gasteiger partial charge in [-0.1, -0.05) is 57.0 Å². The van der Waals surface area contributed by atoms with Crippen LogP contribution in [0.3, 0.4) is 0 Å². The molecule has 0 N–H and O–H groups in total. The average molecular weight is 246 g/mol. The molecule has 0 fully saturated rings. The largest absolute Gasteiger partial charge is 0.500 e. The van der Waals surface area contributed by atoms with Crippen molar-refractivity contribution < 1.29 is 4.43 Å². The van der Waals surface area contributed by atoms with Crippen molar-refractivity contribution in [3.05, 3.63) is 35.9 Å². The minimum atomic E-state index is -1.72. The molecular weight excluding hydrogens is 224 g/mol. The van der Waals surface area contributed by atoms with Crippen LogP contribution in [-0.2, 0) is 10.8 Å². The first-order valence-corrected chi connectivity index (χ1v) is 8.93. The number of benzene rings is 1. The zero-order valence-corrected chi connectivity index (χ0v) is 12.5. The second kappa shape index (κ2) is 5.42. The predicted octanol–water partition coefficient (Wildman–Crippen LogP) is 4.21. The van der Waals surface area contributed by atoms with E-state index in [1.807, 2.05) is 18.2 Å². The van der Waals surface area contributed by atoms with E-state index in [2.05, 4.69) is 58.0 Å². The van der Waals surface area contributed by atoms with Crippen LogP contribution < -0.4 is 0 Å². The Morgan fingerprint density at radius 3 is 2.24 bits per heavy atom. The molecule has 92 valence electrons. The first-order valence-electron chi connectivity index (χ1n) is 6.03. The Balaban J connectivity index is 2.53. The minimum Gasteiger partial charge on any atom is -0.500 e. The van der Waals surface area contributed by atoms with Crippen molar-refractivity contribution in [1.82, 2.24) is 0 Å². The summed E-state index contributed by atoms with van der Waals surface area (Å²) >= 11 is 0. The maximum atomic E-state index is 5.79. The van der Waals surface area contributed by atoms with Crippen molar-refractivity contribution in [2.45, 2.75) is 45.3 Å². The fourth-order valence-corrected chi connectivity index (χ4v) is 1.68. The van der Waals surface area contributed by atoms with E-state index < -0.39 is 8.32 Å². The lowest BCUT2D eigenvalue weighted by molar-refractivity contribution is 0.460. The van der Waals surface area contributed by atoms with Crippen LogP contribution in [0.15, 0.2) is 30.3 Å². The topological polar surface area (TPSA) is 9.23 Å². The third kappa shape index (κ3) is 4.28. The summed E-state index contributed by atoms with van der Waals surface area (Å²) in [4.78, 5) is 0. The molecule has 0 aliphatic rings. The molecule has 1 aromatic rings. The predicted molar refractivity (Wildman–Crippen MR) is 76.2 cm³/mol. The van der Waals surface area contributed by atoms with Crippen LogP contribution in [0.1, 0.15) is 26.3 Å². The molecule has 1 aromatic carbocycles. The summed E-state index contributed by atoms with van der Waals surface area (Å²) in [6.45, 7) is 11.1. The molecule has 0 aromatic heterocycles. The van der Waals surface area contributed by atoms with E-state index in [4.69, 9.17) is 4.43 Å². The first-order chi connectivity index (χ1) is 7.83. The highest BCUT2D eigenvalue weighted by molar-refractivity contribution is 6.74.